The van der Waals surface area contributed by atoms with Crippen molar-refractivity contribution in [1.29, 1.82) is 0 Å². The van der Waals surface area contributed by atoms with Crippen LogP contribution in [0.5, 0.6) is 0 Å². The first-order valence-electron chi connectivity index (χ1n) is 11.6. The number of carbonyl (C=O) groups excluding carboxylic acids is 2. The van der Waals surface area contributed by atoms with Crippen molar-refractivity contribution in [2.24, 2.45) is 5.92 Å². The SMILES string of the molecule is Cc1ccc2nc(C(=O)N3CCCC34CN(C(=O)CC3CCN(C)CC3)C4)ccc2c1. The van der Waals surface area contributed by atoms with E-state index in [-0.39, 0.29) is 17.4 Å². The summed E-state index contributed by atoms with van der Waals surface area (Å²) in [6.07, 6.45) is 4.85. The highest BCUT2D eigenvalue weighted by atomic mass is 16.2. The summed E-state index contributed by atoms with van der Waals surface area (Å²) in [7, 11) is 2.15. The number of nitrogens with zero attached hydrogens (tertiary/aromatic N) is 4. The van der Waals surface area contributed by atoms with Gasteiger partial charge in [-0.05, 0) is 76.9 Å². The van der Waals surface area contributed by atoms with Gasteiger partial charge < -0.3 is 14.7 Å². The van der Waals surface area contributed by atoms with E-state index >= 15 is 0 Å². The smallest absolute Gasteiger partial charge is 0.273 e. The molecule has 0 atom stereocenters. The van der Waals surface area contributed by atoms with Crippen LogP contribution in [0.3, 0.4) is 0 Å². The van der Waals surface area contributed by atoms with E-state index in [1.807, 2.05) is 34.1 Å². The Labute approximate surface area is 184 Å². The minimum absolute atomic E-state index is 0.00221. The van der Waals surface area contributed by atoms with Crippen LogP contribution >= 0.6 is 0 Å². The van der Waals surface area contributed by atoms with Crippen molar-refractivity contribution in [3.05, 3.63) is 41.6 Å². The average Bonchev–Trinajstić information content (AvgIpc) is 3.18. The Morgan fingerprint density at radius 1 is 1.10 bits per heavy atom. The minimum Gasteiger partial charge on any atom is -0.338 e. The van der Waals surface area contributed by atoms with Gasteiger partial charge in [0.1, 0.15) is 5.69 Å². The lowest BCUT2D eigenvalue weighted by Gasteiger charge is -2.53. The Kier molecular flexibility index (Phi) is 5.21. The highest BCUT2D eigenvalue weighted by Gasteiger charge is 2.53. The maximum absolute atomic E-state index is 13.3. The molecule has 2 amide bonds. The van der Waals surface area contributed by atoms with E-state index in [2.05, 4.69) is 29.9 Å². The summed E-state index contributed by atoms with van der Waals surface area (Å²) in [6, 6.07) is 9.93. The molecule has 6 heteroatoms. The average molecular weight is 421 g/mol. The summed E-state index contributed by atoms with van der Waals surface area (Å²) in [6.45, 7) is 6.34. The van der Waals surface area contributed by atoms with E-state index in [0.29, 0.717) is 31.1 Å². The van der Waals surface area contributed by atoms with Crippen LogP contribution in [0, 0.1) is 12.8 Å². The number of aryl methyl sites for hydroxylation is 1. The number of rotatable bonds is 3. The molecular formula is C25H32N4O2. The monoisotopic (exact) mass is 420 g/mol. The second-order valence-electron chi connectivity index (χ2n) is 9.88. The van der Waals surface area contributed by atoms with Crippen molar-refractivity contribution in [2.75, 3.05) is 39.8 Å². The van der Waals surface area contributed by atoms with Crippen molar-refractivity contribution in [2.45, 2.75) is 44.6 Å². The lowest BCUT2D eigenvalue weighted by atomic mass is 9.85. The molecule has 0 aliphatic carbocycles. The quantitative estimate of drug-likeness (QED) is 0.766. The molecule has 0 radical (unpaired) electrons. The summed E-state index contributed by atoms with van der Waals surface area (Å²) in [4.78, 5) is 37.1. The fourth-order valence-electron chi connectivity index (χ4n) is 5.57. The number of piperidine rings is 1. The number of hydrogen-bond acceptors (Lipinski definition) is 4. The standard InChI is InChI=1S/C25H32N4O2/c1-18-4-6-21-20(14-18)5-7-22(26-21)24(31)29-11-3-10-25(29)16-28(17-25)23(30)15-19-8-12-27(2)13-9-19/h4-7,14,19H,3,8-13,15-17H2,1-2H3. The normalized spacial score (nSPS) is 21.6. The molecule has 2 aromatic rings. The molecule has 3 fully saturated rings. The lowest BCUT2D eigenvalue weighted by molar-refractivity contribution is -0.144. The van der Waals surface area contributed by atoms with E-state index in [0.717, 1.165) is 56.2 Å². The third-order valence-corrected chi connectivity index (χ3v) is 7.53. The Bertz CT molecular complexity index is 1010. The molecule has 5 rings (SSSR count). The van der Waals surface area contributed by atoms with Crippen molar-refractivity contribution in [1.82, 2.24) is 19.7 Å². The van der Waals surface area contributed by atoms with E-state index in [1.165, 1.54) is 5.56 Å². The molecule has 1 aromatic heterocycles. The van der Waals surface area contributed by atoms with Gasteiger partial charge in [0.15, 0.2) is 0 Å². The summed E-state index contributed by atoms with van der Waals surface area (Å²) < 4.78 is 0. The van der Waals surface area contributed by atoms with Gasteiger partial charge in [-0.25, -0.2) is 4.98 Å². The second-order valence-corrected chi connectivity index (χ2v) is 9.88. The molecule has 6 nitrogen and oxygen atoms in total. The highest BCUT2D eigenvalue weighted by molar-refractivity contribution is 5.96. The molecule has 3 saturated heterocycles. The highest BCUT2D eigenvalue weighted by Crippen LogP contribution is 2.39. The van der Waals surface area contributed by atoms with E-state index in [1.54, 1.807) is 0 Å². The van der Waals surface area contributed by atoms with Crippen LogP contribution in [-0.4, -0.2) is 76.8 Å². The number of benzene rings is 1. The van der Waals surface area contributed by atoms with Crippen molar-refractivity contribution >= 4 is 22.7 Å². The predicted octanol–water partition coefficient (Wildman–Crippen LogP) is 3.09. The third kappa shape index (κ3) is 3.82. The van der Waals surface area contributed by atoms with Gasteiger partial charge in [-0.3, -0.25) is 9.59 Å². The number of hydrogen-bond donors (Lipinski definition) is 0. The Morgan fingerprint density at radius 2 is 1.87 bits per heavy atom. The summed E-state index contributed by atoms with van der Waals surface area (Å²) in [5, 5.41) is 1.06. The van der Waals surface area contributed by atoms with Crippen LogP contribution in [0.15, 0.2) is 30.3 Å². The molecule has 0 bridgehead atoms. The molecule has 31 heavy (non-hydrogen) atoms. The fraction of sp³-hybridized carbons (Fsp3) is 0.560. The van der Waals surface area contributed by atoms with Crippen LogP contribution in [0.4, 0.5) is 0 Å². The van der Waals surface area contributed by atoms with Crippen LogP contribution < -0.4 is 0 Å². The van der Waals surface area contributed by atoms with E-state index in [9.17, 15) is 9.59 Å². The number of carbonyl (C=O) groups is 2. The van der Waals surface area contributed by atoms with Gasteiger partial charge in [0.2, 0.25) is 5.91 Å². The molecule has 0 N–H and O–H groups in total. The van der Waals surface area contributed by atoms with Crippen LogP contribution in [-0.2, 0) is 4.79 Å². The van der Waals surface area contributed by atoms with Gasteiger partial charge >= 0.3 is 0 Å². The zero-order valence-electron chi connectivity index (χ0n) is 18.6. The summed E-state index contributed by atoms with van der Waals surface area (Å²) in [5.41, 5.74) is 2.36. The first-order chi connectivity index (χ1) is 14.9. The third-order valence-electron chi connectivity index (χ3n) is 7.53. The topological polar surface area (TPSA) is 56.8 Å². The number of likely N-dealkylation sites (tertiary alicyclic amines) is 3. The first kappa shape index (κ1) is 20.4. The van der Waals surface area contributed by atoms with Crippen molar-refractivity contribution in [3.8, 4) is 0 Å². The maximum Gasteiger partial charge on any atom is 0.273 e. The van der Waals surface area contributed by atoms with E-state index in [4.69, 9.17) is 0 Å². The Morgan fingerprint density at radius 3 is 2.65 bits per heavy atom. The molecule has 4 heterocycles. The van der Waals surface area contributed by atoms with Gasteiger partial charge in [-0.1, -0.05) is 17.7 Å². The zero-order valence-corrected chi connectivity index (χ0v) is 18.6. The predicted molar refractivity (Wildman–Crippen MR) is 121 cm³/mol. The van der Waals surface area contributed by atoms with E-state index < -0.39 is 0 Å². The Balaban J connectivity index is 1.24. The summed E-state index contributed by atoms with van der Waals surface area (Å²) >= 11 is 0. The molecule has 0 saturated carbocycles. The number of amides is 2. The van der Waals surface area contributed by atoms with Crippen LogP contribution in [0.1, 0.15) is 48.2 Å². The maximum atomic E-state index is 13.3. The van der Waals surface area contributed by atoms with Crippen molar-refractivity contribution < 1.29 is 9.59 Å². The van der Waals surface area contributed by atoms with Gasteiger partial charge in [0.05, 0.1) is 11.1 Å². The zero-order chi connectivity index (χ0) is 21.6. The molecule has 3 aliphatic heterocycles. The molecule has 0 unspecified atom stereocenters. The van der Waals surface area contributed by atoms with Crippen LogP contribution in [0.2, 0.25) is 0 Å². The van der Waals surface area contributed by atoms with Crippen molar-refractivity contribution in [3.63, 3.8) is 0 Å². The first-order valence-corrected chi connectivity index (χ1v) is 11.6. The molecule has 1 aromatic carbocycles. The largest absolute Gasteiger partial charge is 0.338 e. The molecule has 164 valence electrons. The summed E-state index contributed by atoms with van der Waals surface area (Å²) in [5.74, 6) is 0.771. The van der Waals surface area contributed by atoms with Gasteiger partial charge in [0, 0.05) is 31.4 Å². The fourth-order valence-corrected chi connectivity index (χ4v) is 5.57. The second kappa shape index (κ2) is 7.90. The minimum atomic E-state index is -0.191. The molecule has 1 spiro atoms. The van der Waals surface area contributed by atoms with Gasteiger partial charge in [-0.2, -0.15) is 0 Å². The lowest BCUT2D eigenvalue weighted by Crippen LogP contribution is -2.70. The number of pyridine rings is 1. The molecule has 3 aliphatic rings. The van der Waals surface area contributed by atoms with Gasteiger partial charge in [-0.15, -0.1) is 0 Å². The van der Waals surface area contributed by atoms with Gasteiger partial charge in [0.25, 0.3) is 5.91 Å². The van der Waals surface area contributed by atoms with Crippen LogP contribution in [0.25, 0.3) is 10.9 Å². The molecular weight excluding hydrogens is 388 g/mol. The number of fused-ring (bicyclic) bond motifs is 1. The Hall–Kier alpha value is -2.47. The number of aromatic nitrogens is 1.